The van der Waals surface area contributed by atoms with Gasteiger partial charge in [-0.3, -0.25) is 9.59 Å². The number of ether oxygens (including phenoxy) is 1. The summed E-state index contributed by atoms with van der Waals surface area (Å²) in [7, 11) is 0. The van der Waals surface area contributed by atoms with E-state index in [1.165, 1.54) is 47.8 Å². The van der Waals surface area contributed by atoms with E-state index in [1.54, 1.807) is 12.3 Å². The summed E-state index contributed by atoms with van der Waals surface area (Å²) >= 11 is 2.68. The molecule has 4 rings (SSSR count). The Morgan fingerprint density at radius 2 is 2.03 bits per heavy atom. The maximum atomic E-state index is 12.4. The average molecular weight is 527 g/mol. The number of nitrogens with one attached hydrogen (secondary N) is 2. The van der Waals surface area contributed by atoms with E-state index in [1.807, 2.05) is 0 Å². The van der Waals surface area contributed by atoms with Gasteiger partial charge in [0.25, 0.3) is 0 Å². The normalized spacial score (nSPS) is 16.1. The van der Waals surface area contributed by atoms with Gasteiger partial charge in [0.05, 0.1) is 6.42 Å². The van der Waals surface area contributed by atoms with Crippen LogP contribution in [0.5, 0.6) is 5.75 Å². The maximum absolute atomic E-state index is 12.4. The number of thiazole rings is 1. The van der Waals surface area contributed by atoms with Crippen molar-refractivity contribution in [3.63, 3.8) is 0 Å². The number of hydrogen-bond donors (Lipinski definition) is 2. The van der Waals surface area contributed by atoms with Crippen LogP contribution >= 0.6 is 22.7 Å². The summed E-state index contributed by atoms with van der Waals surface area (Å²) in [4.78, 5) is 31.1. The standard InChI is InChI=1S/C21H21F3N6O3S2/c1-12(31)26-18-25-10-16(34-18)14-5-3-7-30(11-14)20-29-28-19(35-20)27-17(32)9-13-4-2-6-15(8-13)33-21(22,23)24/h2,4,6,8,10,14H,3,5,7,9,11H2,1H3,(H,25,26,31)(H,27,28,32). The van der Waals surface area contributed by atoms with Crippen molar-refractivity contribution in [1.29, 1.82) is 0 Å². The average Bonchev–Trinajstić information content (AvgIpc) is 3.42. The van der Waals surface area contributed by atoms with Gasteiger partial charge in [0.1, 0.15) is 5.75 Å². The first kappa shape index (κ1) is 24.9. The molecule has 14 heteroatoms. The predicted molar refractivity (Wildman–Crippen MR) is 126 cm³/mol. The van der Waals surface area contributed by atoms with Crippen molar-refractivity contribution in [3.8, 4) is 5.75 Å². The van der Waals surface area contributed by atoms with Crippen LogP contribution in [0.1, 0.15) is 36.1 Å². The van der Waals surface area contributed by atoms with Gasteiger partial charge in [-0.2, -0.15) is 0 Å². The number of halogens is 3. The molecular formula is C21H21F3N6O3S2. The van der Waals surface area contributed by atoms with Crippen molar-refractivity contribution >= 4 is 49.9 Å². The highest BCUT2D eigenvalue weighted by atomic mass is 32.1. The Labute approximate surface area is 206 Å². The van der Waals surface area contributed by atoms with Crippen molar-refractivity contribution in [2.24, 2.45) is 0 Å². The molecule has 1 aromatic carbocycles. The number of amides is 2. The van der Waals surface area contributed by atoms with Crippen LogP contribution in [0.15, 0.2) is 30.5 Å². The second-order valence-corrected chi connectivity index (χ2v) is 9.86. The van der Waals surface area contributed by atoms with Gasteiger partial charge in [0.15, 0.2) is 5.13 Å². The summed E-state index contributed by atoms with van der Waals surface area (Å²) in [6.45, 7) is 2.94. The Kier molecular flexibility index (Phi) is 7.50. The molecule has 1 aliphatic rings. The van der Waals surface area contributed by atoms with Gasteiger partial charge in [0, 0.05) is 37.0 Å². The molecular weight excluding hydrogens is 505 g/mol. The largest absolute Gasteiger partial charge is 0.573 e. The Morgan fingerprint density at radius 3 is 2.80 bits per heavy atom. The minimum absolute atomic E-state index is 0.141. The first-order chi connectivity index (χ1) is 16.6. The Morgan fingerprint density at radius 1 is 1.20 bits per heavy atom. The summed E-state index contributed by atoms with van der Waals surface area (Å²) < 4.78 is 41.1. The van der Waals surface area contributed by atoms with E-state index in [0.717, 1.165) is 24.3 Å². The lowest BCUT2D eigenvalue weighted by molar-refractivity contribution is -0.274. The van der Waals surface area contributed by atoms with Gasteiger partial charge in [-0.25, -0.2) is 4.98 Å². The van der Waals surface area contributed by atoms with Gasteiger partial charge in [-0.15, -0.1) is 34.7 Å². The molecule has 1 aliphatic heterocycles. The topological polar surface area (TPSA) is 109 Å². The highest BCUT2D eigenvalue weighted by Gasteiger charge is 2.31. The van der Waals surface area contributed by atoms with Crippen LogP contribution in [0.2, 0.25) is 0 Å². The van der Waals surface area contributed by atoms with E-state index in [-0.39, 0.29) is 24.0 Å². The molecule has 2 N–H and O–H groups in total. The lowest BCUT2D eigenvalue weighted by atomic mass is 9.97. The first-order valence-corrected chi connectivity index (χ1v) is 12.2. The minimum Gasteiger partial charge on any atom is -0.406 e. The molecule has 1 atom stereocenters. The van der Waals surface area contributed by atoms with E-state index in [0.29, 0.717) is 27.5 Å². The molecule has 0 saturated carbocycles. The third kappa shape index (κ3) is 7.11. The number of benzene rings is 1. The second-order valence-electron chi connectivity index (χ2n) is 7.84. The summed E-state index contributed by atoms with van der Waals surface area (Å²) in [5.41, 5.74) is 0.371. The van der Waals surface area contributed by atoms with E-state index >= 15 is 0 Å². The lowest BCUT2D eigenvalue weighted by Gasteiger charge is -2.31. The number of carbonyl (C=O) groups excluding carboxylic acids is 2. The molecule has 0 radical (unpaired) electrons. The van der Waals surface area contributed by atoms with Crippen molar-refractivity contribution in [2.75, 3.05) is 28.6 Å². The third-order valence-corrected chi connectivity index (χ3v) is 7.03. The van der Waals surface area contributed by atoms with Crippen molar-refractivity contribution in [1.82, 2.24) is 15.2 Å². The van der Waals surface area contributed by atoms with Gasteiger partial charge in [-0.05, 0) is 30.5 Å². The van der Waals surface area contributed by atoms with Gasteiger partial charge in [0.2, 0.25) is 22.1 Å². The molecule has 1 fully saturated rings. The van der Waals surface area contributed by atoms with Crippen LogP contribution in [-0.4, -0.2) is 46.4 Å². The SMILES string of the molecule is CC(=O)Nc1ncc(C2CCCN(c3nnc(NC(=O)Cc4cccc(OC(F)(F)F)c4)s3)C2)s1. The molecule has 3 aromatic rings. The predicted octanol–water partition coefficient (Wildman–Crippen LogP) is 4.42. The van der Waals surface area contributed by atoms with Crippen molar-refractivity contribution in [2.45, 2.75) is 38.5 Å². The van der Waals surface area contributed by atoms with E-state index in [9.17, 15) is 22.8 Å². The molecule has 0 bridgehead atoms. The number of rotatable bonds is 7. The van der Waals surface area contributed by atoms with Crippen LogP contribution < -0.4 is 20.3 Å². The number of aromatic nitrogens is 3. The van der Waals surface area contributed by atoms with Crippen LogP contribution in [0.25, 0.3) is 0 Å². The third-order valence-electron chi connectivity index (χ3n) is 5.06. The molecule has 9 nitrogen and oxygen atoms in total. The lowest BCUT2D eigenvalue weighted by Crippen LogP contribution is -2.34. The van der Waals surface area contributed by atoms with Crippen molar-refractivity contribution < 1.29 is 27.5 Å². The Hall–Kier alpha value is -3.26. The fourth-order valence-electron chi connectivity index (χ4n) is 3.66. The molecule has 2 amide bonds. The van der Waals surface area contributed by atoms with Crippen molar-refractivity contribution in [3.05, 3.63) is 40.9 Å². The molecule has 1 unspecified atom stereocenters. The molecule has 35 heavy (non-hydrogen) atoms. The Balaban J connectivity index is 1.34. The van der Waals surface area contributed by atoms with Gasteiger partial charge < -0.3 is 20.3 Å². The van der Waals surface area contributed by atoms with E-state index in [4.69, 9.17) is 0 Å². The summed E-state index contributed by atoms with van der Waals surface area (Å²) in [6.07, 6.45) is -1.24. The zero-order chi connectivity index (χ0) is 25.0. The number of nitrogens with zero attached hydrogens (tertiary/aromatic N) is 4. The second kappa shape index (κ2) is 10.6. The highest BCUT2D eigenvalue weighted by molar-refractivity contribution is 7.19. The molecule has 1 saturated heterocycles. The summed E-state index contributed by atoms with van der Waals surface area (Å²) in [6, 6.07) is 5.27. The van der Waals surface area contributed by atoms with Crippen LogP contribution in [0, 0.1) is 0 Å². The van der Waals surface area contributed by atoms with E-state index in [2.05, 4.69) is 35.5 Å². The Bertz CT molecular complexity index is 1200. The fraction of sp³-hybridized carbons (Fsp3) is 0.381. The minimum atomic E-state index is -4.80. The molecule has 0 aliphatic carbocycles. The van der Waals surface area contributed by atoms with Crippen LogP contribution in [0.4, 0.5) is 28.6 Å². The quantitative estimate of drug-likeness (QED) is 0.469. The highest BCUT2D eigenvalue weighted by Crippen LogP contribution is 2.35. The molecule has 186 valence electrons. The summed E-state index contributed by atoms with van der Waals surface area (Å²) in [5.74, 6) is -0.742. The zero-order valence-corrected chi connectivity index (χ0v) is 20.1. The number of carbonyl (C=O) groups is 2. The molecule has 2 aromatic heterocycles. The molecule has 0 spiro atoms. The smallest absolute Gasteiger partial charge is 0.406 e. The van der Waals surface area contributed by atoms with Gasteiger partial charge in [-0.1, -0.05) is 23.5 Å². The number of hydrogen-bond acceptors (Lipinski definition) is 9. The molecule has 3 heterocycles. The summed E-state index contributed by atoms with van der Waals surface area (Å²) in [5, 5.41) is 15.1. The van der Waals surface area contributed by atoms with Crippen LogP contribution in [0.3, 0.4) is 0 Å². The number of piperidine rings is 1. The monoisotopic (exact) mass is 526 g/mol. The van der Waals surface area contributed by atoms with Crippen LogP contribution in [-0.2, 0) is 16.0 Å². The van der Waals surface area contributed by atoms with Gasteiger partial charge >= 0.3 is 6.36 Å². The van der Waals surface area contributed by atoms with E-state index < -0.39 is 12.3 Å². The zero-order valence-electron chi connectivity index (χ0n) is 18.5. The number of anilines is 3. The maximum Gasteiger partial charge on any atom is 0.573 e. The number of alkyl halides is 3. The fourth-order valence-corrected chi connectivity index (χ4v) is 5.45. The first-order valence-electron chi connectivity index (χ1n) is 10.6.